The molecule has 0 aromatic rings. The van der Waals surface area contributed by atoms with Gasteiger partial charge in [-0.2, -0.15) is 0 Å². The molecule has 1 N–H and O–H groups in total. The van der Waals surface area contributed by atoms with E-state index in [9.17, 15) is 14.7 Å². The van der Waals surface area contributed by atoms with Gasteiger partial charge in [0.25, 0.3) is 0 Å². The maximum atomic E-state index is 11.7. The van der Waals surface area contributed by atoms with Gasteiger partial charge in [-0.15, -0.1) is 0 Å². The largest absolute Gasteiger partial charge is 0.466 e. The quantitative estimate of drug-likeness (QED) is 0.646. The summed E-state index contributed by atoms with van der Waals surface area (Å²) in [6, 6.07) is -0.211. The summed E-state index contributed by atoms with van der Waals surface area (Å²) in [6.07, 6.45) is 1.22. The van der Waals surface area contributed by atoms with Gasteiger partial charge in [0.05, 0.1) is 25.7 Å². The van der Waals surface area contributed by atoms with Crippen molar-refractivity contribution in [3.05, 3.63) is 0 Å². The third-order valence-corrected chi connectivity index (χ3v) is 2.61. The zero-order valence-corrected chi connectivity index (χ0v) is 10.9. The minimum absolute atomic E-state index is 0.0461. The SMILES string of the molecule is CCOC(=O)CCN(C(=O)CC)C(CC)CO. The van der Waals surface area contributed by atoms with E-state index >= 15 is 0 Å². The summed E-state index contributed by atoms with van der Waals surface area (Å²) in [5, 5.41) is 9.20. The molecule has 0 aromatic carbocycles. The van der Waals surface area contributed by atoms with E-state index in [0.717, 1.165) is 0 Å². The summed E-state index contributed by atoms with van der Waals surface area (Å²) in [6.45, 7) is 5.99. The fourth-order valence-electron chi connectivity index (χ4n) is 1.61. The Morgan fingerprint density at radius 1 is 1.29 bits per heavy atom. The van der Waals surface area contributed by atoms with E-state index < -0.39 is 0 Å². The Kier molecular flexibility index (Phi) is 8.40. The Balaban J connectivity index is 4.38. The molecule has 100 valence electrons. The van der Waals surface area contributed by atoms with Crippen molar-refractivity contribution in [3.63, 3.8) is 0 Å². The van der Waals surface area contributed by atoms with Gasteiger partial charge in [-0.1, -0.05) is 13.8 Å². The lowest BCUT2D eigenvalue weighted by atomic mass is 10.1. The van der Waals surface area contributed by atoms with Gasteiger partial charge in [-0.05, 0) is 13.3 Å². The van der Waals surface area contributed by atoms with Gasteiger partial charge >= 0.3 is 5.97 Å². The Hall–Kier alpha value is -1.10. The van der Waals surface area contributed by atoms with Gasteiger partial charge in [0, 0.05) is 13.0 Å². The van der Waals surface area contributed by atoms with Crippen LogP contribution < -0.4 is 0 Å². The molecule has 0 heterocycles. The molecule has 0 aliphatic heterocycles. The minimum atomic E-state index is -0.311. The van der Waals surface area contributed by atoms with E-state index in [1.807, 2.05) is 6.92 Å². The number of aliphatic hydroxyl groups excluding tert-OH is 1. The number of hydrogen-bond donors (Lipinski definition) is 1. The molecule has 5 nitrogen and oxygen atoms in total. The first-order chi connectivity index (χ1) is 8.10. The predicted octanol–water partition coefficient (Wildman–Crippen LogP) is 0.949. The molecule has 0 aliphatic rings. The summed E-state index contributed by atoms with van der Waals surface area (Å²) in [7, 11) is 0. The first-order valence-electron chi connectivity index (χ1n) is 6.16. The maximum absolute atomic E-state index is 11.7. The Morgan fingerprint density at radius 2 is 1.94 bits per heavy atom. The summed E-state index contributed by atoms with van der Waals surface area (Å²) in [5.41, 5.74) is 0. The van der Waals surface area contributed by atoms with Crippen LogP contribution in [0.15, 0.2) is 0 Å². The molecule has 5 heteroatoms. The smallest absolute Gasteiger partial charge is 0.307 e. The maximum Gasteiger partial charge on any atom is 0.307 e. The molecule has 0 aliphatic carbocycles. The lowest BCUT2D eigenvalue weighted by Gasteiger charge is -2.29. The minimum Gasteiger partial charge on any atom is -0.466 e. The number of rotatable bonds is 8. The van der Waals surface area contributed by atoms with Gasteiger partial charge < -0.3 is 14.7 Å². The van der Waals surface area contributed by atoms with Gasteiger partial charge in [0.1, 0.15) is 0 Å². The molecule has 1 amide bonds. The second kappa shape index (κ2) is 8.98. The van der Waals surface area contributed by atoms with E-state index in [1.54, 1.807) is 18.7 Å². The molecule has 0 radical (unpaired) electrons. The van der Waals surface area contributed by atoms with Crippen molar-refractivity contribution in [2.24, 2.45) is 0 Å². The van der Waals surface area contributed by atoms with E-state index in [0.29, 0.717) is 26.0 Å². The zero-order chi connectivity index (χ0) is 13.3. The van der Waals surface area contributed by atoms with Crippen LogP contribution in [0.3, 0.4) is 0 Å². The zero-order valence-electron chi connectivity index (χ0n) is 10.9. The van der Waals surface area contributed by atoms with E-state index in [4.69, 9.17) is 4.74 Å². The van der Waals surface area contributed by atoms with Gasteiger partial charge in [0.15, 0.2) is 0 Å². The molecule has 0 bridgehead atoms. The summed E-state index contributed by atoms with van der Waals surface area (Å²) in [5.74, 6) is -0.357. The highest BCUT2D eigenvalue weighted by molar-refractivity contribution is 5.77. The van der Waals surface area contributed by atoms with Gasteiger partial charge in [-0.25, -0.2) is 0 Å². The Labute approximate surface area is 103 Å². The van der Waals surface area contributed by atoms with E-state index in [2.05, 4.69) is 0 Å². The van der Waals surface area contributed by atoms with Gasteiger partial charge in [0.2, 0.25) is 5.91 Å². The van der Waals surface area contributed by atoms with Crippen LogP contribution in [0, 0.1) is 0 Å². The fourth-order valence-corrected chi connectivity index (χ4v) is 1.61. The molecule has 0 aromatic heterocycles. The number of carbonyl (C=O) groups excluding carboxylic acids is 2. The fraction of sp³-hybridized carbons (Fsp3) is 0.833. The van der Waals surface area contributed by atoms with E-state index in [-0.39, 0.29) is 30.9 Å². The van der Waals surface area contributed by atoms with Crippen LogP contribution in [0.25, 0.3) is 0 Å². The molecular weight excluding hydrogens is 222 g/mol. The number of hydrogen-bond acceptors (Lipinski definition) is 4. The highest BCUT2D eigenvalue weighted by atomic mass is 16.5. The summed E-state index contributed by atoms with van der Waals surface area (Å²) >= 11 is 0. The van der Waals surface area contributed by atoms with Crippen molar-refractivity contribution in [2.45, 2.75) is 46.1 Å². The normalized spacial score (nSPS) is 12.0. The average Bonchev–Trinajstić information content (AvgIpc) is 2.33. The van der Waals surface area contributed by atoms with Crippen molar-refractivity contribution in [1.29, 1.82) is 0 Å². The molecule has 0 fully saturated rings. The third kappa shape index (κ3) is 5.68. The third-order valence-electron chi connectivity index (χ3n) is 2.61. The van der Waals surface area contributed by atoms with Crippen molar-refractivity contribution in [3.8, 4) is 0 Å². The first-order valence-corrected chi connectivity index (χ1v) is 6.16. The molecule has 17 heavy (non-hydrogen) atoms. The number of amides is 1. The topological polar surface area (TPSA) is 66.8 Å². The Bertz CT molecular complexity index is 239. The monoisotopic (exact) mass is 245 g/mol. The van der Waals surface area contributed by atoms with Crippen molar-refractivity contribution in [1.82, 2.24) is 4.90 Å². The highest BCUT2D eigenvalue weighted by Crippen LogP contribution is 2.07. The molecule has 1 atom stereocenters. The van der Waals surface area contributed by atoms with Crippen LogP contribution in [0.2, 0.25) is 0 Å². The number of esters is 1. The highest BCUT2D eigenvalue weighted by Gasteiger charge is 2.21. The van der Waals surface area contributed by atoms with Crippen molar-refractivity contribution >= 4 is 11.9 Å². The van der Waals surface area contributed by atoms with E-state index in [1.165, 1.54) is 0 Å². The van der Waals surface area contributed by atoms with Crippen LogP contribution in [0.5, 0.6) is 0 Å². The van der Waals surface area contributed by atoms with Crippen molar-refractivity contribution in [2.75, 3.05) is 19.8 Å². The second-order valence-electron chi connectivity index (χ2n) is 3.74. The van der Waals surface area contributed by atoms with Crippen LogP contribution in [-0.4, -0.2) is 47.7 Å². The number of aliphatic hydroxyl groups is 1. The van der Waals surface area contributed by atoms with Crippen LogP contribution in [-0.2, 0) is 14.3 Å². The molecule has 0 saturated heterocycles. The number of nitrogens with zero attached hydrogens (tertiary/aromatic N) is 1. The molecule has 0 rings (SSSR count). The van der Waals surface area contributed by atoms with Crippen LogP contribution >= 0.6 is 0 Å². The van der Waals surface area contributed by atoms with Crippen molar-refractivity contribution < 1.29 is 19.4 Å². The molecule has 0 saturated carbocycles. The number of ether oxygens (including phenoxy) is 1. The molecular formula is C12H23NO4. The lowest BCUT2D eigenvalue weighted by molar-refractivity contribution is -0.144. The first kappa shape index (κ1) is 15.9. The average molecular weight is 245 g/mol. The van der Waals surface area contributed by atoms with Crippen LogP contribution in [0.4, 0.5) is 0 Å². The molecule has 0 spiro atoms. The van der Waals surface area contributed by atoms with Gasteiger partial charge in [-0.3, -0.25) is 9.59 Å². The number of carbonyl (C=O) groups is 2. The summed E-state index contributed by atoms with van der Waals surface area (Å²) < 4.78 is 4.81. The predicted molar refractivity (Wildman–Crippen MR) is 64.4 cm³/mol. The molecule has 1 unspecified atom stereocenters. The Morgan fingerprint density at radius 3 is 2.35 bits per heavy atom. The summed E-state index contributed by atoms with van der Waals surface area (Å²) in [4.78, 5) is 24.5. The second-order valence-corrected chi connectivity index (χ2v) is 3.74. The lowest BCUT2D eigenvalue weighted by Crippen LogP contribution is -2.43. The van der Waals surface area contributed by atoms with Crippen LogP contribution in [0.1, 0.15) is 40.0 Å². The standard InChI is InChI=1S/C12H23NO4/c1-4-10(9-14)13(11(15)5-2)8-7-12(16)17-6-3/h10,14H,4-9H2,1-3H3.